The van der Waals surface area contributed by atoms with Gasteiger partial charge in [0.05, 0.1) is 23.6 Å². The average molecular weight is 500 g/mol. The number of phenols is 1. The van der Waals surface area contributed by atoms with Crippen LogP contribution in [-0.4, -0.2) is 51.6 Å². The number of fused-ring (bicyclic) bond motifs is 3. The first kappa shape index (κ1) is 25.4. The van der Waals surface area contributed by atoms with Crippen molar-refractivity contribution in [1.82, 2.24) is 9.88 Å². The number of allylic oxidation sites excluding steroid dienone is 2. The van der Waals surface area contributed by atoms with Crippen molar-refractivity contribution in [3.8, 4) is 5.75 Å². The molecule has 3 aliphatic rings. The van der Waals surface area contributed by atoms with Crippen LogP contribution in [0.5, 0.6) is 5.75 Å². The zero-order valence-corrected chi connectivity index (χ0v) is 21.3. The van der Waals surface area contributed by atoms with Crippen LogP contribution in [0.1, 0.15) is 50.8 Å². The molecule has 2 aromatic rings. The Bertz CT molecular complexity index is 1240. The van der Waals surface area contributed by atoms with Crippen molar-refractivity contribution in [2.75, 3.05) is 6.54 Å². The van der Waals surface area contributed by atoms with Crippen LogP contribution in [0.2, 0.25) is 6.32 Å². The number of rotatable bonds is 7. The zero-order valence-electron chi connectivity index (χ0n) is 21.3. The molecule has 0 saturated carbocycles. The summed E-state index contributed by atoms with van der Waals surface area (Å²) >= 11 is 0. The Morgan fingerprint density at radius 1 is 1.19 bits per heavy atom. The van der Waals surface area contributed by atoms with Gasteiger partial charge in [-0.25, -0.2) is 0 Å². The Hall–Kier alpha value is -3.23. The third-order valence-electron chi connectivity index (χ3n) is 7.87. The Morgan fingerprint density at radius 2 is 2.03 bits per heavy atom. The molecule has 1 aromatic heterocycles. The molecular formula is C29H33BN2O5. The van der Waals surface area contributed by atoms with Crippen LogP contribution in [0.25, 0.3) is 11.6 Å². The number of hydrogen-bond acceptors (Lipinski definition) is 6. The van der Waals surface area contributed by atoms with Gasteiger partial charge >= 0.3 is 7.12 Å². The lowest BCUT2D eigenvalue weighted by molar-refractivity contribution is -0.140. The van der Waals surface area contributed by atoms with E-state index in [2.05, 4.69) is 4.98 Å². The number of phenolic OH excluding ortho intramolecular Hbond substituents is 1. The minimum atomic E-state index is -0.984. The summed E-state index contributed by atoms with van der Waals surface area (Å²) < 4.78 is 6.07. The number of carbonyl (C=O) groups is 2. The zero-order chi connectivity index (χ0) is 26.1. The number of imide groups is 1. The first-order valence-corrected chi connectivity index (χ1v) is 13.2. The van der Waals surface area contributed by atoms with E-state index in [-0.39, 0.29) is 35.5 Å². The summed E-state index contributed by atoms with van der Waals surface area (Å²) in [4.78, 5) is 32.3. The highest BCUT2D eigenvalue weighted by Gasteiger charge is 2.56. The van der Waals surface area contributed by atoms with E-state index >= 15 is 0 Å². The highest BCUT2D eigenvalue weighted by atomic mass is 16.5. The van der Waals surface area contributed by atoms with E-state index in [1.165, 1.54) is 4.90 Å². The van der Waals surface area contributed by atoms with Crippen LogP contribution in [-0.2, 0) is 14.2 Å². The lowest BCUT2D eigenvalue weighted by atomic mass is 9.58. The van der Waals surface area contributed by atoms with Crippen LogP contribution in [0.15, 0.2) is 59.8 Å². The molecule has 8 heteroatoms. The van der Waals surface area contributed by atoms with Crippen molar-refractivity contribution < 1.29 is 24.4 Å². The molecule has 2 amide bonds. The van der Waals surface area contributed by atoms with Gasteiger partial charge in [-0.3, -0.25) is 19.5 Å². The standard InChI is InChI=1S/C29H33BN2O5/c1-3-13-32-28(34)22-14-18(2)26-23(27(22)29(32)35)17-30(36)37-25(26)11-10-20(24-9-4-5-12-31-24)15-19-7-6-8-21(33)16-19/h4-9,12,15-16,22-23,25,27,33,36H,3,10-11,13-14,17H2,1-2H3/b20-15-/t22-,23+,25-,27-/m1/s1. The molecule has 1 aliphatic carbocycles. The van der Waals surface area contributed by atoms with Crippen molar-refractivity contribution in [2.24, 2.45) is 17.8 Å². The molecule has 192 valence electrons. The number of nitrogens with zero attached hydrogens (tertiary/aromatic N) is 2. The maximum absolute atomic E-state index is 13.3. The Balaban J connectivity index is 1.43. The number of aromatic nitrogens is 1. The summed E-state index contributed by atoms with van der Waals surface area (Å²) in [6.45, 7) is 4.45. The second-order valence-corrected chi connectivity index (χ2v) is 10.3. The van der Waals surface area contributed by atoms with Gasteiger partial charge < -0.3 is 14.8 Å². The summed E-state index contributed by atoms with van der Waals surface area (Å²) in [7, 11) is -0.984. The number of benzene rings is 1. The largest absolute Gasteiger partial charge is 0.508 e. The first-order chi connectivity index (χ1) is 17.9. The predicted molar refractivity (Wildman–Crippen MR) is 142 cm³/mol. The molecule has 2 aliphatic heterocycles. The molecule has 2 N–H and O–H groups in total. The quantitative estimate of drug-likeness (QED) is 0.334. The lowest BCUT2D eigenvalue weighted by Gasteiger charge is -2.42. The van der Waals surface area contributed by atoms with Gasteiger partial charge in [0.1, 0.15) is 5.75 Å². The fourth-order valence-electron chi connectivity index (χ4n) is 6.36. The molecule has 3 heterocycles. The van der Waals surface area contributed by atoms with E-state index in [1.54, 1.807) is 24.4 Å². The molecule has 5 rings (SSSR count). The number of aromatic hydroxyl groups is 1. The fraction of sp³-hybridized carbons (Fsp3) is 0.414. The highest BCUT2D eigenvalue weighted by Crippen LogP contribution is 2.50. The van der Waals surface area contributed by atoms with E-state index in [9.17, 15) is 19.7 Å². The van der Waals surface area contributed by atoms with Crippen LogP contribution in [0, 0.1) is 17.8 Å². The van der Waals surface area contributed by atoms with Crippen molar-refractivity contribution in [2.45, 2.75) is 52.0 Å². The molecular weight excluding hydrogens is 467 g/mol. The van der Waals surface area contributed by atoms with Crippen molar-refractivity contribution in [3.63, 3.8) is 0 Å². The first-order valence-electron chi connectivity index (χ1n) is 13.2. The number of likely N-dealkylation sites (tertiary alicyclic amines) is 1. The molecule has 2 saturated heterocycles. The molecule has 0 unspecified atom stereocenters. The minimum Gasteiger partial charge on any atom is -0.508 e. The van der Waals surface area contributed by atoms with Gasteiger partial charge in [-0.05, 0) is 91.9 Å². The minimum absolute atomic E-state index is 0.0701. The van der Waals surface area contributed by atoms with E-state index in [0.29, 0.717) is 32.1 Å². The van der Waals surface area contributed by atoms with Crippen LogP contribution in [0.4, 0.5) is 0 Å². The SMILES string of the molecule is CCCN1C(=O)[C@@H]2[C@@H](CC(C)=C3[C@@H](CC/C(=C/c4cccc(O)c4)c4ccccn4)OB(O)C[C@@H]32)C1=O. The van der Waals surface area contributed by atoms with E-state index in [0.717, 1.165) is 34.4 Å². The number of hydrogen-bond donors (Lipinski definition) is 2. The monoisotopic (exact) mass is 500 g/mol. The summed E-state index contributed by atoms with van der Waals surface area (Å²) in [6, 6.07) is 12.8. The normalized spacial score (nSPS) is 26.0. The molecule has 2 fully saturated rings. The van der Waals surface area contributed by atoms with E-state index < -0.39 is 13.0 Å². The maximum Gasteiger partial charge on any atom is 0.455 e. The molecule has 0 radical (unpaired) electrons. The van der Waals surface area contributed by atoms with Gasteiger partial charge in [-0.15, -0.1) is 0 Å². The summed E-state index contributed by atoms with van der Waals surface area (Å²) in [5, 5.41) is 20.6. The Labute approximate surface area is 218 Å². The summed E-state index contributed by atoms with van der Waals surface area (Å²) in [6.07, 6.45) is 6.25. The smallest absolute Gasteiger partial charge is 0.455 e. The van der Waals surface area contributed by atoms with Gasteiger partial charge in [0, 0.05) is 12.7 Å². The van der Waals surface area contributed by atoms with Gasteiger partial charge in [-0.2, -0.15) is 0 Å². The maximum atomic E-state index is 13.3. The van der Waals surface area contributed by atoms with Gasteiger partial charge in [-0.1, -0.05) is 30.7 Å². The molecule has 1 aromatic carbocycles. The average Bonchev–Trinajstić information content (AvgIpc) is 3.11. The van der Waals surface area contributed by atoms with Crippen molar-refractivity contribution in [3.05, 3.63) is 71.1 Å². The third-order valence-corrected chi connectivity index (χ3v) is 7.87. The molecule has 0 spiro atoms. The molecule has 0 bridgehead atoms. The predicted octanol–water partition coefficient (Wildman–Crippen LogP) is 4.33. The highest BCUT2D eigenvalue weighted by molar-refractivity contribution is 6.43. The molecule has 37 heavy (non-hydrogen) atoms. The van der Waals surface area contributed by atoms with Crippen LogP contribution < -0.4 is 0 Å². The second-order valence-electron chi connectivity index (χ2n) is 10.3. The number of amides is 2. The molecule has 7 nitrogen and oxygen atoms in total. The summed E-state index contributed by atoms with van der Waals surface area (Å²) in [5.41, 5.74) is 4.85. The van der Waals surface area contributed by atoms with Gasteiger partial charge in [0.2, 0.25) is 11.8 Å². The number of carbonyl (C=O) groups excluding carboxylic acids is 2. The third kappa shape index (κ3) is 5.00. The number of pyridine rings is 1. The van der Waals surface area contributed by atoms with Crippen molar-refractivity contribution >= 4 is 30.6 Å². The van der Waals surface area contributed by atoms with E-state index in [1.807, 2.05) is 44.2 Å². The van der Waals surface area contributed by atoms with Crippen LogP contribution in [0.3, 0.4) is 0 Å². The van der Waals surface area contributed by atoms with Gasteiger partial charge in [0.25, 0.3) is 0 Å². The van der Waals surface area contributed by atoms with E-state index in [4.69, 9.17) is 4.65 Å². The topological polar surface area (TPSA) is 100.0 Å². The summed E-state index contributed by atoms with van der Waals surface area (Å²) in [5.74, 6) is -0.928. The Morgan fingerprint density at radius 3 is 2.76 bits per heavy atom. The molecule has 4 atom stereocenters. The van der Waals surface area contributed by atoms with Crippen LogP contribution >= 0.6 is 0 Å². The lowest BCUT2D eigenvalue weighted by Crippen LogP contribution is -2.46. The Kier molecular flexibility index (Phi) is 7.31. The fourth-order valence-corrected chi connectivity index (χ4v) is 6.36. The second kappa shape index (κ2) is 10.6. The van der Waals surface area contributed by atoms with Crippen molar-refractivity contribution in [1.29, 1.82) is 0 Å². The van der Waals surface area contributed by atoms with Gasteiger partial charge in [0.15, 0.2) is 0 Å².